The molecular weight excluding hydrogens is 407 g/mol. The number of nitrogens with one attached hydrogen (secondary N) is 1. The van der Waals surface area contributed by atoms with Crippen molar-refractivity contribution in [2.45, 2.75) is 24.6 Å². The van der Waals surface area contributed by atoms with Crippen LogP contribution in [0.1, 0.15) is 6.23 Å². The predicted molar refractivity (Wildman–Crippen MR) is 80.1 cm³/mol. The second-order valence-electron chi connectivity index (χ2n) is 4.85. The Morgan fingerprint density at radius 2 is 1.92 bits per heavy atom. The Bertz CT molecular complexity index is 837. The molecule has 0 radical (unpaired) electrons. The number of H-pyrrole nitrogens is 1. The fourth-order valence-electron chi connectivity index (χ4n) is 2.02. The quantitative estimate of drug-likeness (QED) is 0.288. The number of ether oxygens (including phenoxy) is 1. The molecule has 2 heterocycles. The third-order valence-electron chi connectivity index (χ3n) is 3.03. The van der Waals surface area contributed by atoms with Gasteiger partial charge in [-0.25, -0.2) is 18.3 Å². The summed E-state index contributed by atoms with van der Waals surface area (Å²) in [5, 5.41) is 9.73. The Morgan fingerprint density at radius 3 is 2.46 bits per heavy atom. The lowest BCUT2D eigenvalue weighted by atomic mass is 10.1. The molecule has 0 aliphatic carbocycles. The van der Waals surface area contributed by atoms with E-state index in [1.54, 1.807) is 0 Å². The number of aromatic amines is 1. The van der Waals surface area contributed by atoms with Gasteiger partial charge in [0, 0.05) is 12.3 Å². The second kappa shape index (κ2) is 8.19. The summed E-state index contributed by atoms with van der Waals surface area (Å²) in [5.41, 5.74) is -1.77. The minimum atomic E-state index is -5.34. The van der Waals surface area contributed by atoms with Crippen molar-refractivity contribution in [1.82, 2.24) is 15.7 Å². The summed E-state index contributed by atoms with van der Waals surface area (Å²) in [6.45, 7) is -0.982. The van der Waals surface area contributed by atoms with Crippen molar-refractivity contribution in [3.05, 3.63) is 33.1 Å². The summed E-state index contributed by atoms with van der Waals surface area (Å²) < 4.78 is 49.4. The van der Waals surface area contributed by atoms with E-state index >= 15 is 0 Å². The predicted octanol–water partition coefficient (Wildman–Crippen LogP) is -1.48. The van der Waals surface area contributed by atoms with Crippen molar-refractivity contribution in [1.29, 1.82) is 0 Å². The van der Waals surface area contributed by atoms with E-state index in [1.807, 2.05) is 4.98 Å². The minimum Gasteiger partial charge on any atom is -0.387 e. The van der Waals surface area contributed by atoms with Crippen molar-refractivity contribution in [3.63, 3.8) is 0 Å². The lowest BCUT2D eigenvalue weighted by Crippen LogP contribution is -2.35. The van der Waals surface area contributed by atoms with Gasteiger partial charge in [0.2, 0.25) is 0 Å². The summed E-state index contributed by atoms with van der Waals surface area (Å²) in [4.78, 5) is 50.5. The first-order chi connectivity index (χ1) is 11.4. The number of rotatable bonds is 6. The number of hydrogen-bond acceptors (Lipinski definition) is 9. The molecule has 1 saturated heterocycles. The second-order valence-corrected chi connectivity index (χ2v) is 7.68. The number of hydrogen-bond donors (Lipinski definition) is 6. The van der Waals surface area contributed by atoms with E-state index < -0.39 is 58.1 Å². The summed E-state index contributed by atoms with van der Waals surface area (Å²) in [7, 11) is -10.6. The van der Waals surface area contributed by atoms with E-state index in [1.165, 1.54) is 0 Å². The number of aliphatic hydroxyl groups is 1. The van der Waals surface area contributed by atoms with Crippen molar-refractivity contribution >= 4 is 15.6 Å². The van der Waals surface area contributed by atoms with E-state index in [4.69, 9.17) is 19.4 Å². The highest BCUT2D eigenvalue weighted by Gasteiger charge is 2.47. The topological polar surface area (TPSA) is 233 Å². The Labute approximate surface area is 143 Å². The first kappa shape index (κ1) is 22.8. The molecule has 5 atom stereocenters. The Kier molecular flexibility index (Phi) is 7.18. The highest BCUT2D eigenvalue weighted by atomic mass is 31.3. The molecule has 0 spiro atoms. The van der Waals surface area contributed by atoms with Crippen LogP contribution in [0.25, 0.3) is 0 Å². The lowest BCUT2D eigenvalue weighted by Gasteiger charge is -2.17. The monoisotopic (exact) mass is 423 g/mol. The molecule has 26 heavy (non-hydrogen) atoms. The van der Waals surface area contributed by atoms with Gasteiger partial charge in [0.05, 0.1) is 6.61 Å². The molecule has 0 amide bonds. The number of alkyl halides is 1. The maximum absolute atomic E-state index is 14.1. The Hall–Kier alpha value is -1.25. The van der Waals surface area contributed by atoms with Crippen molar-refractivity contribution < 1.29 is 46.9 Å². The maximum Gasteiger partial charge on any atom is 0.481 e. The van der Waals surface area contributed by atoms with Crippen LogP contribution < -0.4 is 17.4 Å². The Balaban J connectivity index is 0.00000338. The molecule has 1 aromatic heterocycles. The molecule has 8 N–H and O–H groups in total. The SMILES string of the molecule is N.O=c1ccn([C@@H]2O[C@H](COP(=O)(O)OP(=O)(O)O)[C@@H](O)[C@@H]2F)c(=O)[nH]1. The smallest absolute Gasteiger partial charge is 0.387 e. The van der Waals surface area contributed by atoms with Crippen molar-refractivity contribution in [2.24, 2.45) is 0 Å². The van der Waals surface area contributed by atoms with Gasteiger partial charge >= 0.3 is 21.3 Å². The van der Waals surface area contributed by atoms with Crippen molar-refractivity contribution in [2.75, 3.05) is 6.61 Å². The highest BCUT2D eigenvalue weighted by molar-refractivity contribution is 7.60. The van der Waals surface area contributed by atoms with E-state index in [2.05, 4.69) is 8.83 Å². The van der Waals surface area contributed by atoms with Gasteiger partial charge in [0.25, 0.3) is 5.56 Å². The molecule has 0 bridgehead atoms. The molecule has 0 aromatic carbocycles. The molecule has 1 aliphatic rings. The normalized spacial score (nSPS) is 28.3. The molecule has 1 aromatic rings. The number of aromatic nitrogens is 2. The first-order valence-corrected chi connectivity index (χ1v) is 9.45. The maximum atomic E-state index is 14.1. The summed E-state index contributed by atoms with van der Waals surface area (Å²) >= 11 is 0. The zero-order valence-electron chi connectivity index (χ0n) is 12.7. The van der Waals surface area contributed by atoms with Gasteiger partial charge in [-0.15, -0.1) is 0 Å². The molecule has 14 nitrogen and oxygen atoms in total. The van der Waals surface area contributed by atoms with E-state index in [0.29, 0.717) is 4.57 Å². The van der Waals surface area contributed by atoms with Crippen LogP contribution in [0.15, 0.2) is 21.9 Å². The Morgan fingerprint density at radius 1 is 1.31 bits per heavy atom. The van der Waals surface area contributed by atoms with Crippen LogP contribution >= 0.6 is 15.6 Å². The number of phosphoric ester groups is 1. The molecule has 0 saturated carbocycles. The van der Waals surface area contributed by atoms with Gasteiger partial charge in [0.1, 0.15) is 12.2 Å². The molecule has 2 rings (SSSR count). The van der Waals surface area contributed by atoms with E-state index in [0.717, 1.165) is 12.3 Å². The van der Waals surface area contributed by atoms with Crippen LogP contribution in [-0.2, 0) is 22.7 Å². The molecule has 1 fully saturated rings. The van der Waals surface area contributed by atoms with Gasteiger partial charge in [-0.2, -0.15) is 4.31 Å². The average Bonchev–Trinajstić information content (AvgIpc) is 2.71. The van der Waals surface area contributed by atoms with Gasteiger partial charge in [-0.1, -0.05) is 0 Å². The minimum absolute atomic E-state index is 0. The van der Waals surface area contributed by atoms with E-state index in [9.17, 15) is 28.2 Å². The van der Waals surface area contributed by atoms with Crippen LogP contribution in [0.4, 0.5) is 4.39 Å². The van der Waals surface area contributed by atoms with Gasteiger partial charge in [-0.05, 0) is 0 Å². The fraction of sp³-hybridized carbons (Fsp3) is 0.556. The van der Waals surface area contributed by atoms with Crippen LogP contribution in [0.3, 0.4) is 0 Å². The third-order valence-corrected chi connectivity index (χ3v) is 5.18. The number of aliphatic hydroxyl groups excluding tert-OH is 1. The first-order valence-electron chi connectivity index (χ1n) is 6.43. The van der Waals surface area contributed by atoms with Gasteiger partial charge < -0.3 is 30.7 Å². The third kappa shape index (κ3) is 5.62. The summed E-state index contributed by atoms with van der Waals surface area (Å²) in [5.74, 6) is 0. The largest absolute Gasteiger partial charge is 0.481 e. The van der Waals surface area contributed by atoms with Crippen LogP contribution in [0, 0.1) is 0 Å². The van der Waals surface area contributed by atoms with Gasteiger partial charge in [-0.3, -0.25) is 18.9 Å². The average molecular weight is 423 g/mol. The zero-order valence-corrected chi connectivity index (χ0v) is 14.5. The molecule has 17 heteroatoms. The van der Waals surface area contributed by atoms with Crippen LogP contribution in [0.2, 0.25) is 0 Å². The molecule has 1 aliphatic heterocycles. The number of nitrogens with zero attached hydrogens (tertiary/aromatic N) is 1. The zero-order chi connectivity index (χ0) is 19.0. The lowest BCUT2D eigenvalue weighted by molar-refractivity contribution is -0.0482. The van der Waals surface area contributed by atoms with Gasteiger partial charge in [0.15, 0.2) is 12.4 Å². The van der Waals surface area contributed by atoms with Crippen molar-refractivity contribution in [3.8, 4) is 0 Å². The van der Waals surface area contributed by atoms with Crippen LogP contribution in [0.5, 0.6) is 0 Å². The number of halogens is 1. The molecule has 150 valence electrons. The fourth-order valence-corrected chi connectivity index (χ4v) is 3.62. The summed E-state index contributed by atoms with van der Waals surface area (Å²) in [6.07, 6.45) is -6.40. The highest BCUT2D eigenvalue weighted by Crippen LogP contribution is 2.57. The number of phosphoric acid groups is 2. The standard InChI is InChI=1S/C9H13FN2O11P2.H3N/c10-6-7(14)4(3-21-25(19,20)23-24(16,17)18)22-8(6)12-2-1-5(13)11-9(12)15;/h1-2,4,6-8,14H,3H2,(H,19,20)(H,11,13,15)(H2,16,17,18);1H3/t4-,6+,7-,8-;/m1./s1. The van der Waals surface area contributed by atoms with Crippen LogP contribution in [-0.4, -0.2) is 54.3 Å². The molecule has 1 unspecified atom stereocenters. The summed E-state index contributed by atoms with van der Waals surface area (Å²) in [6, 6.07) is 0.906. The molecular formula is C9H16FN3O11P2. The van der Waals surface area contributed by atoms with E-state index in [-0.39, 0.29) is 6.15 Å².